The predicted molar refractivity (Wildman–Crippen MR) is 240 cm³/mol. The van der Waals surface area contributed by atoms with Crippen LogP contribution >= 0.6 is 0 Å². The third-order valence-electron chi connectivity index (χ3n) is 11.1. The van der Waals surface area contributed by atoms with E-state index in [4.69, 9.17) is 0 Å². The first-order chi connectivity index (χ1) is 31.0. The maximum atomic E-state index is 13.6. The van der Waals surface area contributed by atoms with Crippen molar-refractivity contribution in [2.24, 2.45) is 0 Å². The molecule has 2 aliphatic heterocycles. The van der Waals surface area contributed by atoms with Crippen LogP contribution in [0, 0.1) is 13.8 Å². The zero-order valence-corrected chi connectivity index (χ0v) is 35.2. The number of piperazine rings is 2. The first kappa shape index (κ1) is 43.0. The second-order valence-corrected chi connectivity index (χ2v) is 15.2. The minimum absolute atomic E-state index is 0.0545. The maximum Gasteiger partial charge on any atom is 0.418 e. The Morgan fingerprint density at radius 1 is 0.547 bits per heavy atom. The summed E-state index contributed by atoms with van der Waals surface area (Å²) in [6.07, 6.45) is 0.0727. The van der Waals surface area contributed by atoms with Gasteiger partial charge in [-0.2, -0.15) is 23.1 Å². The fraction of sp³-hybridized carbons (Fsp3) is 0.295. The fourth-order valence-electron chi connectivity index (χ4n) is 7.52. The molecular weight excluding hydrogens is 828 g/mol. The molecule has 3 aromatic heterocycles. The summed E-state index contributed by atoms with van der Waals surface area (Å²) in [7, 11) is 0. The molecule has 2 amide bonds. The van der Waals surface area contributed by atoms with E-state index in [1.807, 2.05) is 55.1 Å². The van der Waals surface area contributed by atoms with E-state index in [0.717, 1.165) is 43.6 Å². The van der Waals surface area contributed by atoms with Crippen molar-refractivity contribution in [2.45, 2.75) is 32.9 Å². The highest BCUT2D eigenvalue weighted by Gasteiger charge is 2.35. The number of benzene rings is 3. The van der Waals surface area contributed by atoms with Crippen LogP contribution in [0.3, 0.4) is 0 Å². The zero-order valence-electron chi connectivity index (χ0n) is 35.2. The van der Waals surface area contributed by atoms with Crippen LogP contribution in [0.1, 0.15) is 29.5 Å². The molecule has 64 heavy (non-hydrogen) atoms. The molecule has 330 valence electrons. The third kappa shape index (κ3) is 10.3. The molecule has 0 unspecified atom stereocenters. The van der Waals surface area contributed by atoms with Gasteiger partial charge < -0.3 is 40.9 Å². The summed E-state index contributed by atoms with van der Waals surface area (Å²) in [6.45, 7) is 8.25. The Balaban J connectivity index is 0.814. The lowest BCUT2D eigenvalue weighted by molar-refractivity contribution is -0.137. The number of hydrogen-bond acceptors (Lipinski definition) is 15. The van der Waals surface area contributed by atoms with E-state index in [1.54, 1.807) is 35.4 Å². The lowest BCUT2D eigenvalue weighted by atomic mass is 10.1. The summed E-state index contributed by atoms with van der Waals surface area (Å²) in [4.78, 5) is 65.1. The van der Waals surface area contributed by atoms with E-state index in [2.05, 4.69) is 66.0 Å². The van der Waals surface area contributed by atoms with E-state index in [0.29, 0.717) is 72.3 Å². The number of para-hydroxylation sites is 1. The lowest BCUT2D eigenvalue weighted by Gasteiger charge is -2.37. The van der Waals surface area contributed by atoms with Crippen molar-refractivity contribution in [3.05, 3.63) is 114 Å². The predicted octanol–water partition coefficient (Wildman–Crippen LogP) is 6.59. The summed E-state index contributed by atoms with van der Waals surface area (Å²) >= 11 is 0. The van der Waals surface area contributed by atoms with Gasteiger partial charge in [-0.1, -0.05) is 30.3 Å². The van der Waals surface area contributed by atoms with Crippen molar-refractivity contribution >= 4 is 69.9 Å². The highest BCUT2D eigenvalue weighted by molar-refractivity contribution is 5.98. The van der Waals surface area contributed by atoms with Gasteiger partial charge in [0.1, 0.15) is 18.5 Å². The van der Waals surface area contributed by atoms with E-state index in [1.165, 1.54) is 24.8 Å². The second-order valence-electron chi connectivity index (χ2n) is 15.2. The smallest absolute Gasteiger partial charge is 0.367 e. The molecule has 0 radical (unpaired) electrons. The first-order valence-corrected chi connectivity index (χ1v) is 20.8. The number of carbonyl (C=O) groups is 2. The first-order valence-electron chi connectivity index (χ1n) is 20.8. The Hall–Kier alpha value is -7.64. The molecule has 17 nitrogen and oxygen atoms in total. The molecule has 0 bridgehead atoms. The Bertz CT molecular complexity index is 2580. The number of amides is 2. The number of halogens is 3. The molecule has 0 saturated carbocycles. The molecule has 0 atom stereocenters. The van der Waals surface area contributed by atoms with Gasteiger partial charge >= 0.3 is 6.18 Å². The quantitative estimate of drug-likeness (QED) is 0.0974. The standard InChI is InChI=1S/C44H46F3N15O2/c1-29-32(10-7-12-34(29)55-40-49-27-51-42(57-40)61-23-19-59(20-24-61)36-14-4-3-9-31(36)44(45,46)47)53-38(63)16-17-39(64)54-33-11-8-13-35(30(33)2)56-41-50-28-52-43(58-41)62-25-21-60(22-26-62)37-15-5-6-18-48-37/h3-15,18,27-28H,16-17,19-26H2,1-2H3,(H,53,63)(H,54,64)(H,49,51,55,57)(H,50,52,56,58). The average Bonchev–Trinajstić information content (AvgIpc) is 3.31. The van der Waals surface area contributed by atoms with E-state index in [-0.39, 0.29) is 36.3 Å². The summed E-state index contributed by atoms with van der Waals surface area (Å²) in [6, 6.07) is 22.3. The highest BCUT2D eigenvalue weighted by atomic mass is 19.4. The number of hydrogen-bond donors (Lipinski definition) is 4. The summed E-state index contributed by atoms with van der Waals surface area (Å²) in [5, 5.41) is 12.3. The minimum atomic E-state index is -4.45. The highest BCUT2D eigenvalue weighted by Crippen LogP contribution is 2.37. The van der Waals surface area contributed by atoms with Gasteiger partial charge in [0.2, 0.25) is 35.6 Å². The van der Waals surface area contributed by atoms with E-state index >= 15 is 0 Å². The molecule has 0 aliphatic carbocycles. The van der Waals surface area contributed by atoms with Crippen LogP contribution in [0.2, 0.25) is 0 Å². The van der Waals surface area contributed by atoms with Crippen molar-refractivity contribution in [3.8, 4) is 0 Å². The number of alkyl halides is 3. The number of carbonyl (C=O) groups excluding carboxylic acids is 2. The Labute approximate surface area is 367 Å². The van der Waals surface area contributed by atoms with Crippen molar-refractivity contribution in [1.29, 1.82) is 0 Å². The number of aromatic nitrogens is 7. The van der Waals surface area contributed by atoms with Gasteiger partial charge in [-0.3, -0.25) is 9.59 Å². The lowest BCUT2D eigenvalue weighted by Crippen LogP contribution is -2.47. The van der Waals surface area contributed by atoms with Crippen LogP contribution in [0.15, 0.2) is 97.7 Å². The number of anilines is 10. The fourth-order valence-corrected chi connectivity index (χ4v) is 7.52. The van der Waals surface area contributed by atoms with Gasteiger partial charge in [-0.15, -0.1) is 0 Å². The number of nitrogens with one attached hydrogen (secondary N) is 4. The Morgan fingerprint density at radius 2 is 1.02 bits per heavy atom. The number of nitrogens with zero attached hydrogens (tertiary/aromatic N) is 11. The number of rotatable bonds is 13. The molecule has 20 heteroatoms. The summed E-state index contributed by atoms with van der Waals surface area (Å²) in [5.41, 5.74) is 3.45. The normalized spacial score (nSPS) is 14.3. The minimum Gasteiger partial charge on any atom is -0.367 e. The maximum absolute atomic E-state index is 13.6. The van der Waals surface area contributed by atoms with E-state index in [9.17, 15) is 22.8 Å². The summed E-state index contributed by atoms with van der Waals surface area (Å²) < 4.78 is 40.9. The van der Waals surface area contributed by atoms with Gasteiger partial charge in [-0.05, 0) is 73.5 Å². The van der Waals surface area contributed by atoms with Gasteiger partial charge in [0.15, 0.2) is 0 Å². The molecule has 2 fully saturated rings. The van der Waals surface area contributed by atoms with Crippen LogP contribution in [0.5, 0.6) is 0 Å². The largest absolute Gasteiger partial charge is 0.418 e. The van der Waals surface area contributed by atoms with Crippen LogP contribution in [-0.2, 0) is 15.8 Å². The molecule has 8 rings (SSSR count). The van der Waals surface area contributed by atoms with E-state index < -0.39 is 11.7 Å². The van der Waals surface area contributed by atoms with Crippen molar-refractivity contribution < 1.29 is 22.8 Å². The van der Waals surface area contributed by atoms with Gasteiger partial charge in [0, 0.05) is 99.8 Å². The molecule has 3 aromatic carbocycles. The molecule has 2 aliphatic rings. The molecule has 0 spiro atoms. The van der Waals surface area contributed by atoms with Crippen LogP contribution < -0.4 is 40.9 Å². The van der Waals surface area contributed by atoms with Gasteiger partial charge in [0.05, 0.1) is 5.56 Å². The Morgan fingerprint density at radius 3 is 1.52 bits per heavy atom. The number of pyridine rings is 1. The van der Waals surface area contributed by atoms with Crippen molar-refractivity contribution in [3.63, 3.8) is 0 Å². The monoisotopic (exact) mass is 873 g/mol. The Kier molecular flexibility index (Phi) is 12.9. The van der Waals surface area contributed by atoms with Gasteiger partial charge in [-0.25, -0.2) is 24.9 Å². The molecular formula is C44H46F3N15O2. The van der Waals surface area contributed by atoms with Crippen LogP contribution in [0.25, 0.3) is 0 Å². The zero-order chi connectivity index (χ0) is 44.6. The van der Waals surface area contributed by atoms with Crippen LogP contribution in [-0.4, -0.2) is 99.1 Å². The average molecular weight is 874 g/mol. The molecule has 2 saturated heterocycles. The molecule has 5 heterocycles. The van der Waals surface area contributed by atoms with Crippen molar-refractivity contribution in [2.75, 3.05) is 93.2 Å². The van der Waals surface area contributed by atoms with Crippen molar-refractivity contribution in [1.82, 2.24) is 34.9 Å². The molecule has 4 N–H and O–H groups in total. The SMILES string of the molecule is Cc1c(NC(=O)CCC(=O)Nc2cccc(Nc3ncnc(N4CCN(c5ccccc5C(F)(F)F)CC4)n3)c2C)cccc1Nc1ncnc(N2CCN(c3ccccn3)CC2)n1. The topological polar surface area (TPSA) is 185 Å². The van der Waals surface area contributed by atoms with Gasteiger partial charge in [0.25, 0.3) is 0 Å². The second kappa shape index (κ2) is 19.2. The van der Waals surface area contributed by atoms with Crippen LogP contribution in [0.4, 0.5) is 71.2 Å². The third-order valence-corrected chi connectivity index (χ3v) is 11.1. The molecule has 6 aromatic rings. The summed E-state index contributed by atoms with van der Waals surface area (Å²) in [5.74, 6) is 1.87.